The fraction of sp³-hybridized carbons (Fsp3) is 0.308. The molecule has 0 bridgehead atoms. The molecule has 5 nitrogen and oxygen atoms in total. The summed E-state index contributed by atoms with van der Waals surface area (Å²) in [6.45, 7) is 3.48. The summed E-state index contributed by atoms with van der Waals surface area (Å²) >= 11 is 0. The number of ether oxygens (including phenoxy) is 1. The van der Waals surface area contributed by atoms with Gasteiger partial charge in [0.2, 0.25) is 0 Å². The lowest BCUT2D eigenvalue weighted by Gasteiger charge is -2.22. The van der Waals surface area contributed by atoms with E-state index in [4.69, 9.17) is 0 Å². The number of esters is 1. The lowest BCUT2D eigenvalue weighted by atomic mass is 10.2. The van der Waals surface area contributed by atoms with Gasteiger partial charge in [0.15, 0.2) is 17.2 Å². The maximum Gasteiger partial charge on any atom is 0.337 e. The molecule has 19 heavy (non-hydrogen) atoms. The van der Waals surface area contributed by atoms with Crippen LogP contribution in [0.25, 0.3) is 0 Å². The molecule has 1 aliphatic rings. The van der Waals surface area contributed by atoms with Crippen molar-refractivity contribution in [1.29, 1.82) is 0 Å². The molecule has 2 rings (SSSR count). The number of benzene rings is 1. The predicted octanol–water partition coefficient (Wildman–Crippen LogP) is 1.57. The van der Waals surface area contributed by atoms with E-state index < -0.39 is 23.2 Å². The van der Waals surface area contributed by atoms with E-state index in [1.807, 2.05) is 0 Å². The van der Waals surface area contributed by atoms with Gasteiger partial charge in [-0.05, 0) is 43.7 Å². The highest BCUT2D eigenvalue weighted by Gasteiger charge is 2.33. The monoisotopic (exact) mass is 281 g/mol. The number of carbonyl (C=O) groups excluding carboxylic acids is 1. The molecule has 0 aromatic heterocycles. The van der Waals surface area contributed by atoms with Crippen LogP contribution >= 0.6 is 0 Å². The molecular weight excluding hydrogens is 266 g/mol. The first kappa shape index (κ1) is 13.8. The minimum atomic E-state index is -1.39. The number of anilines is 1. The van der Waals surface area contributed by atoms with Crippen molar-refractivity contribution < 1.29 is 18.8 Å². The lowest BCUT2D eigenvalue weighted by molar-refractivity contribution is 0.0601. The first-order valence-corrected chi connectivity index (χ1v) is 6.83. The van der Waals surface area contributed by atoms with E-state index >= 15 is 0 Å². The van der Waals surface area contributed by atoms with Crippen molar-refractivity contribution in [2.75, 3.05) is 11.4 Å². The quantitative estimate of drug-likeness (QED) is 0.836. The number of allylic oxidation sites excluding steroid dienone is 1. The van der Waals surface area contributed by atoms with Gasteiger partial charge in [-0.25, -0.2) is 9.00 Å². The second-order valence-electron chi connectivity index (χ2n) is 4.23. The van der Waals surface area contributed by atoms with E-state index in [0.29, 0.717) is 21.7 Å². The van der Waals surface area contributed by atoms with Crippen LogP contribution in [0, 0.1) is 0 Å². The highest BCUT2D eigenvalue weighted by atomic mass is 32.2. The number of methoxy groups -OCH3 is 1. The Bertz CT molecular complexity index is 565. The highest BCUT2D eigenvalue weighted by molar-refractivity contribution is 7.90. The van der Waals surface area contributed by atoms with Gasteiger partial charge in [-0.15, -0.1) is 0 Å². The number of hydrogen-bond acceptors (Lipinski definition) is 4. The molecule has 1 heterocycles. The summed E-state index contributed by atoms with van der Waals surface area (Å²) in [7, 11) is -0.0772. The molecule has 1 N–H and O–H groups in total. The Morgan fingerprint density at radius 1 is 1.32 bits per heavy atom. The third-order valence-corrected chi connectivity index (χ3v) is 4.76. The molecule has 2 atom stereocenters. The predicted molar refractivity (Wildman–Crippen MR) is 72.8 cm³/mol. The van der Waals surface area contributed by atoms with Crippen molar-refractivity contribution in [3.05, 3.63) is 40.3 Å². The molecular formula is C13H15NO4S. The van der Waals surface area contributed by atoms with Crippen molar-refractivity contribution in [3.63, 3.8) is 0 Å². The van der Waals surface area contributed by atoms with Gasteiger partial charge in [0, 0.05) is 4.91 Å². The van der Waals surface area contributed by atoms with E-state index in [-0.39, 0.29) is 0 Å². The van der Waals surface area contributed by atoms with Crippen LogP contribution in [0.1, 0.15) is 24.2 Å². The molecule has 0 fully saturated rings. The Morgan fingerprint density at radius 3 is 2.32 bits per heavy atom. The van der Waals surface area contributed by atoms with Crippen molar-refractivity contribution in [3.8, 4) is 0 Å². The van der Waals surface area contributed by atoms with Gasteiger partial charge in [-0.2, -0.15) is 0 Å². The Balaban J connectivity index is 2.30. The Labute approximate surface area is 114 Å². The average Bonchev–Trinajstić information content (AvgIpc) is 2.62. The van der Waals surface area contributed by atoms with Crippen molar-refractivity contribution in [2.24, 2.45) is 0 Å². The SMILES string of the molecule is COC(=O)c1ccc(N2[C@H](O)C(C)=C(C)S2=O)cc1. The Hall–Kier alpha value is -1.66. The Kier molecular flexibility index (Phi) is 3.73. The van der Waals surface area contributed by atoms with Crippen molar-refractivity contribution in [2.45, 2.75) is 20.1 Å². The molecule has 6 heteroatoms. The normalized spacial score (nSPS) is 22.8. The van der Waals surface area contributed by atoms with Crippen LogP contribution in [0.5, 0.6) is 0 Å². The van der Waals surface area contributed by atoms with E-state index in [2.05, 4.69) is 4.74 Å². The van der Waals surface area contributed by atoms with Gasteiger partial charge >= 0.3 is 5.97 Å². The van der Waals surface area contributed by atoms with Gasteiger partial charge in [-0.3, -0.25) is 4.31 Å². The summed E-state index contributed by atoms with van der Waals surface area (Å²) in [6, 6.07) is 6.43. The molecule has 0 spiro atoms. The fourth-order valence-electron chi connectivity index (χ4n) is 1.83. The number of nitrogens with zero attached hydrogens (tertiary/aromatic N) is 1. The molecule has 0 radical (unpaired) electrons. The number of hydrogen-bond donors (Lipinski definition) is 1. The molecule has 1 aromatic carbocycles. The number of aliphatic hydroxyl groups is 1. The fourth-order valence-corrected chi connectivity index (χ4v) is 3.16. The maximum atomic E-state index is 12.1. The lowest BCUT2D eigenvalue weighted by Crippen LogP contribution is -2.31. The Morgan fingerprint density at radius 2 is 1.89 bits per heavy atom. The molecule has 0 saturated carbocycles. The smallest absolute Gasteiger partial charge is 0.337 e. The van der Waals surface area contributed by atoms with Crippen LogP contribution in [-0.4, -0.2) is 28.6 Å². The zero-order valence-corrected chi connectivity index (χ0v) is 11.7. The zero-order chi connectivity index (χ0) is 14.2. The summed E-state index contributed by atoms with van der Waals surface area (Å²) in [5.41, 5.74) is 1.69. The number of rotatable bonds is 2. The van der Waals surface area contributed by atoms with Crippen LogP contribution in [0.15, 0.2) is 34.7 Å². The molecule has 1 unspecified atom stereocenters. The second kappa shape index (κ2) is 5.14. The van der Waals surface area contributed by atoms with E-state index in [0.717, 1.165) is 0 Å². The first-order valence-electron chi connectivity index (χ1n) is 5.72. The minimum Gasteiger partial charge on any atom is -0.465 e. The summed E-state index contributed by atoms with van der Waals surface area (Å²) in [5, 5.41) is 10.1. The molecule has 0 aliphatic carbocycles. The van der Waals surface area contributed by atoms with Gasteiger partial charge < -0.3 is 9.84 Å². The maximum absolute atomic E-state index is 12.1. The number of carbonyl (C=O) groups is 1. The third kappa shape index (κ3) is 2.29. The minimum absolute atomic E-state index is 0.409. The topological polar surface area (TPSA) is 66.8 Å². The van der Waals surface area contributed by atoms with Crippen LogP contribution in [0.2, 0.25) is 0 Å². The van der Waals surface area contributed by atoms with Crippen LogP contribution < -0.4 is 4.31 Å². The second-order valence-corrected chi connectivity index (χ2v) is 5.73. The largest absolute Gasteiger partial charge is 0.465 e. The van der Waals surface area contributed by atoms with Crippen molar-refractivity contribution in [1.82, 2.24) is 0 Å². The average molecular weight is 281 g/mol. The van der Waals surface area contributed by atoms with Crippen molar-refractivity contribution >= 4 is 22.6 Å². The van der Waals surface area contributed by atoms with Gasteiger partial charge in [-0.1, -0.05) is 0 Å². The van der Waals surface area contributed by atoms with Crippen LogP contribution in [-0.2, 0) is 15.7 Å². The molecule has 0 saturated heterocycles. The number of aliphatic hydroxyl groups excluding tert-OH is 1. The van der Waals surface area contributed by atoms with E-state index in [1.54, 1.807) is 38.1 Å². The van der Waals surface area contributed by atoms with E-state index in [9.17, 15) is 14.1 Å². The van der Waals surface area contributed by atoms with Gasteiger partial charge in [0.1, 0.15) is 0 Å². The summed E-state index contributed by atoms with van der Waals surface area (Å²) in [6.07, 6.45) is -0.898. The molecule has 102 valence electrons. The standard InChI is InChI=1S/C13H15NO4S/c1-8-9(2)19(17)14(12(8)15)11-6-4-10(5-7-11)13(16)18-3/h4-7,12,15H,1-3H3/t12-,19?/m1/s1. The van der Waals surface area contributed by atoms with Gasteiger partial charge in [0.05, 0.1) is 18.4 Å². The first-order chi connectivity index (χ1) is 8.97. The van der Waals surface area contributed by atoms with Crippen LogP contribution in [0.4, 0.5) is 5.69 Å². The van der Waals surface area contributed by atoms with Gasteiger partial charge in [0.25, 0.3) is 0 Å². The third-order valence-electron chi connectivity index (χ3n) is 3.15. The molecule has 1 aliphatic heterocycles. The molecule has 1 aromatic rings. The molecule has 0 amide bonds. The summed E-state index contributed by atoms with van der Waals surface area (Å²) in [4.78, 5) is 12.0. The van der Waals surface area contributed by atoms with Crippen LogP contribution in [0.3, 0.4) is 0 Å². The summed E-state index contributed by atoms with van der Waals surface area (Å²) < 4.78 is 18.1. The summed E-state index contributed by atoms with van der Waals surface area (Å²) in [5.74, 6) is -0.430. The van der Waals surface area contributed by atoms with E-state index in [1.165, 1.54) is 11.4 Å². The highest BCUT2D eigenvalue weighted by Crippen LogP contribution is 2.32. The zero-order valence-electron chi connectivity index (χ0n) is 10.9.